The molecular weight excluding hydrogens is 166 g/mol. The highest BCUT2D eigenvalue weighted by atomic mass is 16.5. The zero-order valence-corrected chi connectivity index (χ0v) is 8.35. The quantitative estimate of drug-likeness (QED) is 0.491. The van der Waals surface area contributed by atoms with Crippen molar-refractivity contribution in [3.8, 4) is 11.8 Å². The van der Waals surface area contributed by atoms with Gasteiger partial charge in [-0.05, 0) is 13.3 Å². The monoisotopic (exact) mass is 183 g/mol. The third-order valence-electron chi connectivity index (χ3n) is 1.40. The van der Waals surface area contributed by atoms with Crippen molar-refractivity contribution in [3.63, 3.8) is 0 Å². The van der Waals surface area contributed by atoms with Crippen LogP contribution in [0.5, 0.6) is 0 Å². The molecule has 0 heterocycles. The molecule has 0 unspecified atom stereocenters. The van der Waals surface area contributed by atoms with E-state index in [4.69, 9.17) is 4.74 Å². The molecule has 0 aliphatic rings. The second-order valence-corrected chi connectivity index (χ2v) is 2.58. The van der Waals surface area contributed by atoms with E-state index in [1.807, 2.05) is 6.92 Å². The SMILES string of the molecule is CC#CCOCCNC(=O)CCC. The average molecular weight is 183 g/mol. The topological polar surface area (TPSA) is 38.3 Å². The fourth-order valence-corrected chi connectivity index (χ4v) is 0.773. The van der Waals surface area contributed by atoms with Crippen molar-refractivity contribution in [2.45, 2.75) is 26.7 Å². The van der Waals surface area contributed by atoms with Gasteiger partial charge in [-0.2, -0.15) is 0 Å². The maximum atomic E-state index is 10.9. The van der Waals surface area contributed by atoms with Crippen LogP contribution in [-0.4, -0.2) is 25.7 Å². The summed E-state index contributed by atoms with van der Waals surface area (Å²) in [6, 6.07) is 0. The number of ether oxygens (including phenoxy) is 1. The predicted molar refractivity (Wildman–Crippen MR) is 52.2 cm³/mol. The van der Waals surface area contributed by atoms with Crippen LogP contribution in [0.1, 0.15) is 26.7 Å². The first-order valence-corrected chi connectivity index (χ1v) is 4.55. The molecule has 0 aliphatic heterocycles. The fraction of sp³-hybridized carbons (Fsp3) is 0.700. The van der Waals surface area contributed by atoms with Crippen LogP contribution < -0.4 is 5.32 Å². The van der Waals surface area contributed by atoms with Crippen molar-refractivity contribution in [1.29, 1.82) is 0 Å². The van der Waals surface area contributed by atoms with Gasteiger partial charge in [0.1, 0.15) is 6.61 Å². The summed E-state index contributed by atoms with van der Waals surface area (Å²) in [5.41, 5.74) is 0. The zero-order valence-electron chi connectivity index (χ0n) is 8.35. The molecule has 0 aromatic heterocycles. The summed E-state index contributed by atoms with van der Waals surface area (Å²) in [7, 11) is 0. The van der Waals surface area contributed by atoms with Crippen LogP contribution in [0, 0.1) is 11.8 Å². The minimum Gasteiger partial charge on any atom is -0.367 e. The molecule has 3 heteroatoms. The Hall–Kier alpha value is -1.01. The Labute approximate surface area is 79.8 Å². The second kappa shape index (κ2) is 9.08. The fourth-order valence-electron chi connectivity index (χ4n) is 0.773. The van der Waals surface area contributed by atoms with Crippen LogP contribution in [0.2, 0.25) is 0 Å². The van der Waals surface area contributed by atoms with E-state index >= 15 is 0 Å². The van der Waals surface area contributed by atoms with E-state index in [0.29, 0.717) is 26.2 Å². The second-order valence-electron chi connectivity index (χ2n) is 2.58. The van der Waals surface area contributed by atoms with Crippen molar-refractivity contribution in [3.05, 3.63) is 0 Å². The summed E-state index contributed by atoms with van der Waals surface area (Å²) < 4.78 is 5.11. The molecule has 0 rings (SSSR count). The van der Waals surface area contributed by atoms with Gasteiger partial charge in [0.15, 0.2) is 0 Å². The average Bonchev–Trinajstić information content (AvgIpc) is 2.11. The number of rotatable bonds is 6. The molecule has 0 atom stereocenters. The van der Waals surface area contributed by atoms with E-state index in [0.717, 1.165) is 6.42 Å². The molecule has 0 aromatic carbocycles. The zero-order chi connectivity index (χ0) is 9.94. The summed E-state index contributed by atoms with van der Waals surface area (Å²) >= 11 is 0. The molecule has 74 valence electrons. The molecule has 0 fully saturated rings. The number of nitrogens with one attached hydrogen (secondary N) is 1. The van der Waals surface area contributed by atoms with Gasteiger partial charge in [-0.15, -0.1) is 5.92 Å². The normalized spacial score (nSPS) is 8.77. The number of hydrogen-bond acceptors (Lipinski definition) is 2. The van der Waals surface area contributed by atoms with Crippen LogP contribution in [0.15, 0.2) is 0 Å². The van der Waals surface area contributed by atoms with Gasteiger partial charge < -0.3 is 10.1 Å². The van der Waals surface area contributed by atoms with E-state index in [1.54, 1.807) is 6.92 Å². The van der Waals surface area contributed by atoms with E-state index in [1.165, 1.54) is 0 Å². The van der Waals surface area contributed by atoms with Crippen molar-refractivity contribution >= 4 is 5.91 Å². The number of carbonyl (C=O) groups excluding carboxylic acids is 1. The lowest BCUT2D eigenvalue weighted by molar-refractivity contribution is -0.121. The van der Waals surface area contributed by atoms with Crippen molar-refractivity contribution < 1.29 is 9.53 Å². The van der Waals surface area contributed by atoms with Crippen LogP contribution in [0.4, 0.5) is 0 Å². The summed E-state index contributed by atoms with van der Waals surface area (Å²) in [5.74, 6) is 5.59. The van der Waals surface area contributed by atoms with E-state index in [9.17, 15) is 4.79 Å². The first kappa shape index (κ1) is 12.0. The minimum absolute atomic E-state index is 0.0904. The van der Waals surface area contributed by atoms with Gasteiger partial charge in [0, 0.05) is 13.0 Å². The van der Waals surface area contributed by atoms with Gasteiger partial charge in [-0.1, -0.05) is 12.8 Å². The molecule has 0 aliphatic carbocycles. The van der Waals surface area contributed by atoms with Crippen molar-refractivity contribution in [2.75, 3.05) is 19.8 Å². The Morgan fingerprint density at radius 2 is 2.31 bits per heavy atom. The summed E-state index contributed by atoms with van der Waals surface area (Å²) in [4.78, 5) is 10.9. The molecule has 0 radical (unpaired) electrons. The van der Waals surface area contributed by atoms with E-state index < -0.39 is 0 Å². The highest BCUT2D eigenvalue weighted by Crippen LogP contribution is 1.84. The third-order valence-corrected chi connectivity index (χ3v) is 1.40. The van der Waals surface area contributed by atoms with Crippen molar-refractivity contribution in [1.82, 2.24) is 5.32 Å². The number of hydrogen-bond donors (Lipinski definition) is 1. The molecule has 13 heavy (non-hydrogen) atoms. The van der Waals surface area contributed by atoms with Gasteiger partial charge in [-0.3, -0.25) is 4.79 Å². The smallest absolute Gasteiger partial charge is 0.220 e. The lowest BCUT2D eigenvalue weighted by Gasteiger charge is -2.03. The van der Waals surface area contributed by atoms with Crippen molar-refractivity contribution in [2.24, 2.45) is 0 Å². The molecule has 0 saturated heterocycles. The van der Waals surface area contributed by atoms with Gasteiger partial charge in [0.2, 0.25) is 5.91 Å². The first-order valence-electron chi connectivity index (χ1n) is 4.55. The Balaban J connectivity index is 3.14. The standard InChI is InChI=1S/C10H17NO2/c1-3-5-8-13-9-7-11-10(12)6-4-2/h4,6-9H2,1-2H3,(H,11,12). The van der Waals surface area contributed by atoms with Gasteiger partial charge in [-0.25, -0.2) is 0 Å². The predicted octanol–water partition coefficient (Wildman–Crippen LogP) is 0.943. The minimum atomic E-state index is 0.0904. The lowest BCUT2D eigenvalue weighted by atomic mass is 10.3. The molecule has 1 amide bonds. The Morgan fingerprint density at radius 3 is 2.92 bits per heavy atom. The molecule has 0 saturated carbocycles. The third kappa shape index (κ3) is 8.90. The van der Waals surface area contributed by atoms with Gasteiger partial charge in [0.25, 0.3) is 0 Å². The number of amides is 1. The Bertz CT molecular complexity index is 191. The summed E-state index contributed by atoms with van der Waals surface area (Å²) in [6.45, 7) is 5.30. The maximum absolute atomic E-state index is 10.9. The van der Waals surface area contributed by atoms with Gasteiger partial charge in [0.05, 0.1) is 6.61 Å². The van der Waals surface area contributed by atoms with Crippen LogP contribution in [0.25, 0.3) is 0 Å². The van der Waals surface area contributed by atoms with Crippen LogP contribution in [-0.2, 0) is 9.53 Å². The van der Waals surface area contributed by atoms with E-state index in [2.05, 4.69) is 17.2 Å². The highest BCUT2D eigenvalue weighted by molar-refractivity contribution is 5.75. The first-order chi connectivity index (χ1) is 6.31. The molecule has 0 bridgehead atoms. The molecule has 0 spiro atoms. The molecule has 0 aromatic rings. The number of carbonyl (C=O) groups is 1. The van der Waals surface area contributed by atoms with E-state index in [-0.39, 0.29) is 5.91 Å². The summed E-state index contributed by atoms with van der Waals surface area (Å²) in [6.07, 6.45) is 1.47. The highest BCUT2D eigenvalue weighted by Gasteiger charge is 1.96. The summed E-state index contributed by atoms with van der Waals surface area (Å²) in [5, 5.41) is 2.75. The molecular formula is C10H17NO2. The van der Waals surface area contributed by atoms with Crippen LogP contribution >= 0.6 is 0 Å². The lowest BCUT2D eigenvalue weighted by Crippen LogP contribution is -2.26. The maximum Gasteiger partial charge on any atom is 0.220 e. The van der Waals surface area contributed by atoms with Crippen LogP contribution in [0.3, 0.4) is 0 Å². The Morgan fingerprint density at radius 1 is 1.54 bits per heavy atom. The van der Waals surface area contributed by atoms with Gasteiger partial charge >= 0.3 is 0 Å². The Kier molecular flexibility index (Phi) is 8.38. The largest absolute Gasteiger partial charge is 0.367 e. The molecule has 3 nitrogen and oxygen atoms in total. The molecule has 1 N–H and O–H groups in total.